The van der Waals surface area contributed by atoms with Crippen molar-refractivity contribution in [2.24, 2.45) is 0 Å². The van der Waals surface area contributed by atoms with E-state index in [1.165, 1.54) is 12.3 Å². The Morgan fingerprint density at radius 2 is 1.70 bits per heavy atom. The molecular formula is C25H26F3N3O2. The molecule has 3 aromatic rings. The summed E-state index contributed by atoms with van der Waals surface area (Å²) < 4.78 is 44.2. The smallest absolute Gasteiger partial charge is 0.433 e. The number of hydrogen-bond donors (Lipinski definition) is 2. The number of ether oxygens (including phenoxy) is 1. The van der Waals surface area contributed by atoms with Gasteiger partial charge in [-0.25, -0.2) is 0 Å². The molecule has 2 atom stereocenters. The Labute approximate surface area is 191 Å². The molecule has 1 amide bonds. The van der Waals surface area contributed by atoms with Gasteiger partial charge in [-0.15, -0.1) is 0 Å². The predicted molar refractivity (Wildman–Crippen MR) is 120 cm³/mol. The number of carbonyl (C=O) groups excluding carboxylic acids is 1. The van der Waals surface area contributed by atoms with Gasteiger partial charge >= 0.3 is 6.18 Å². The lowest BCUT2D eigenvalue weighted by molar-refractivity contribution is -0.141. The lowest BCUT2D eigenvalue weighted by Gasteiger charge is -2.26. The summed E-state index contributed by atoms with van der Waals surface area (Å²) in [7, 11) is 3.14. The zero-order valence-corrected chi connectivity index (χ0v) is 18.4. The minimum absolute atomic E-state index is 0.240. The van der Waals surface area contributed by atoms with Crippen LogP contribution in [0.4, 0.5) is 13.2 Å². The number of benzene rings is 2. The third-order valence-corrected chi connectivity index (χ3v) is 5.37. The average Bonchev–Trinajstić information content (AvgIpc) is 2.84. The quantitative estimate of drug-likeness (QED) is 0.482. The molecule has 1 unspecified atom stereocenters. The molecule has 0 aliphatic heterocycles. The number of aromatic nitrogens is 1. The molecule has 8 heteroatoms. The van der Waals surface area contributed by atoms with Crippen molar-refractivity contribution in [1.29, 1.82) is 0 Å². The molecule has 33 heavy (non-hydrogen) atoms. The summed E-state index contributed by atoms with van der Waals surface area (Å²) in [5.41, 5.74) is 1.41. The SMILES string of the molecule is CNC(=O)C(N[C@H](CCc1ccc(OC)cc1)c1ccc(C(F)(F)F)nc1)c1ccccc1. The maximum atomic E-state index is 13.0. The van der Waals surface area contributed by atoms with Crippen LogP contribution in [0, 0.1) is 0 Å². The minimum atomic E-state index is -4.51. The van der Waals surface area contributed by atoms with Gasteiger partial charge in [0, 0.05) is 19.3 Å². The molecule has 1 aromatic heterocycles. The van der Waals surface area contributed by atoms with E-state index in [2.05, 4.69) is 15.6 Å². The van der Waals surface area contributed by atoms with Crippen LogP contribution in [0.5, 0.6) is 5.75 Å². The summed E-state index contributed by atoms with van der Waals surface area (Å²) in [6, 6.07) is 18.1. The molecule has 0 radical (unpaired) electrons. The average molecular weight is 457 g/mol. The molecule has 0 saturated heterocycles. The molecule has 174 valence electrons. The second-order valence-corrected chi connectivity index (χ2v) is 7.54. The Hall–Kier alpha value is -3.39. The summed E-state index contributed by atoms with van der Waals surface area (Å²) in [5.74, 6) is 0.500. The first-order valence-corrected chi connectivity index (χ1v) is 10.5. The van der Waals surface area contributed by atoms with E-state index in [1.807, 2.05) is 54.6 Å². The first-order valence-electron chi connectivity index (χ1n) is 10.5. The van der Waals surface area contributed by atoms with Crippen molar-refractivity contribution in [1.82, 2.24) is 15.6 Å². The minimum Gasteiger partial charge on any atom is -0.497 e. The molecule has 2 N–H and O–H groups in total. The lowest BCUT2D eigenvalue weighted by Crippen LogP contribution is -2.38. The van der Waals surface area contributed by atoms with Gasteiger partial charge in [0.05, 0.1) is 7.11 Å². The van der Waals surface area contributed by atoms with Crippen LogP contribution in [0.1, 0.15) is 40.9 Å². The van der Waals surface area contributed by atoms with Crippen LogP contribution in [0.3, 0.4) is 0 Å². The number of methoxy groups -OCH3 is 1. The van der Waals surface area contributed by atoms with E-state index in [4.69, 9.17) is 4.74 Å². The fourth-order valence-electron chi connectivity index (χ4n) is 3.54. The molecule has 0 bridgehead atoms. The second kappa shape index (κ2) is 11.0. The molecule has 0 saturated carbocycles. The summed E-state index contributed by atoms with van der Waals surface area (Å²) in [4.78, 5) is 16.3. The van der Waals surface area contributed by atoms with E-state index < -0.39 is 24.0 Å². The number of hydrogen-bond acceptors (Lipinski definition) is 4. The van der Waals surface area contributed by atoms with Crippen molar-refractivity contribution in [2.45, 2.75) is 31.1 Å². The van der Waals surface area contributed by atoms with E-state index in [1.54, 1.807) is 14.2 Å². The van der Waals surface area contributed by atoms with Crippen LogP contribution in [0.2, 0.25) is 0 Å². The van der Waals surface area contributed by atoms with Gasteiger partial charge in [-0.1, -0.05) is 48.5 Å². The van der Waals surface area contributed by atoms with Crippen molar-refractivity contribution < 1.29 is 22.7 Å². The standard InChI is InChI=1S/C25H26F3N3O2/c1-29-24(32)23(18-6-4-3-5-7-18)31-21(14-10-17-8-12-20(33-2)13-9-17)19-11-15-22(30-16-19)25(26,27)28/h3-9,11-13,15-16,21,23,31H,10,14H2,1-2H3,(H,29,32)/t21-,23?/m1/s1. The van der Waals surface area contributed by atoms with Gasteiger partial charge in [-0.3, -0.25) is 15.1 Å². The van der Waals surface area contributed by atoms with Gasteiger partial charge in [0.15, 0.2) is 0 Å². The summed E-state index contributed by atoms with van der Waals surface area (Å²) in [6.45, 7) is 0. The lowest BCUT2D eigenvalue weighted by atomic mass is 9.97. The third kappa shape index (κ3) is 6.55. The zero-order valence-electron chi connectivity index (χ0n) is 18.4. The third-order valence-electron chi connectivity index (χ3n) is 5.37. The summed E-state index contributed by atoms with van der Waals surface area (Å²) in [6.07, 6.45) is -2.11. The van der Waals surface area contributed by atoms with Crippen LogP contribution >= 0.6 is 0 Å². The largest absolute Gasteiger partial charge is 0.497 e. The van der Waals surface area contributed by atoms with Crippen LogP contribution in [0.25, 0.3) is 0 Å². The number of pyridine rings is 1. The molecule has 0 aliphatic carbocycles. The first kappa shape index (κ1) is 24.3. The summed E-state index contributed by atoms with van der Waals surface area (Å²) >= 11 is 0. The summed E-state index contributed by atoms with van der Waals surface area (Å²) in [5, 5.41) is 5.99. The zero-order chi connectivity index (χ0) is 23.8. The highest BCUT2D eigenvalue weighted by molar-refractivity contribution is 5.83. The van der Waals surface area contributed by atoms with Crippen molar-refractivity contribution in [2.75, 3.05) is 14.2 Å². The topological polar surface area (TPSA) is 63.2 Å². The van der Waals surface area contributed by atoms with E-state index in [-0.39, 0.29) is 5.91 Å². The Morgan fingerprint density at radius 1 is 1.00 bits per heavy atom. The maximum absolute atomic E-state index is 13.0. The van der Waals surface area contributed by atoms with Crippen molar-refractivity contribution in [3.05, 3.63) is 95.3 Å². The number of nitrogens with one attached hydrogen (secondary N) is 2. The van der Waals surface area contributed by atoms with Crippen LogP contribution in [-0.4, -0.2) is 25.0 Å². The van der Waals surface area contributed by atoms with Gasteiger partial charge in [0.2, 0.25) is 5.91 Å². The number of likely N-dealkylation sites (N-methyl/N-ethyl adjacent to an activating group) is 1. The Kier molecular flexibility index (Phi) is 8.06. The maximum Gasteiger partial charge on any atom is 0.433 e. The van der Waals surface area contributed by atoms with Gasteiger partial charge in [0.1, 0.15) is 17.5 Å². The van der Waals surface area contributed by atoms with Crippen LogP contribution in [-0.2, 0) is 17.4 Å². The Balaban J connectivity index is 1.88. The fraction of sp³-hybridized carbons (Fsp3) is 0.280. The highest BCUT2D eigenvalue weighted by atomic mass is 19.4. The van der Waals surface area contributed by atoms with E-state index in [9.17, 15) is 18.0 Å². The van der Waals surface area contributed by atoms with E-state index >= 15 is 0 Å². The Bertz CT molecular complexity index is 1020. The second-order valence-electron chi connectivity index (χ2n) is 7.54. The van der Waals surface area contributed by atoms with Gasteiger partial charge in [-0.05, 0) is 47.7 Å². The van der Waals surface area contributed by atoms with Crippen LogP contribution < -0.4 is 15.4 Å². The van der Waals surface area contributed by atoms with E-state index in [0.717, 1.165) is 22.9 Å². The molecule has 3 rings (SSSR count). The number of amides is 1. The normalized spacial score (nSPS) is 13.2. The molecular weight excluding hydrogens is 431 g/mol. The van der Waals surface area contributed by atoms with Gasteiger partial charge in [-0.2, -0.15) is 13.2 Å². The van der Waals surface area contributed by atoms with Crippen molar-refractivity contribution in [3.8, 4) is 5.75 Å². The molecule has 0 fully saturated rings. The van der Waals surface area contributed by atoms with Gasteiger partial charge in [0.25, 0.3) is 0 Å². The molecule has 0 spiro atoms. The van der Waals surface area contributed by atoms with E-state index in [0.29, 0.717) is 18.4 Å². The monoisotopic (exact) mass is 457 g/mol. The fourth-order valence-corrected chi connectivity index (χ4v) is 3.54. The van der Waals surface area contributed by atoms with Crippen molar-refractivity contribution >= 4 is 5.91 Å². The number of rotatable bonds is 9. The number of alkyl halides is 3. The number of carbonyl (C=O) groups is 1. The van der Waals surface area contributed by atoms with Crippen LogP contribution in [0.15, 0.2) is 72.9 Å². The Morgan fingerprint density at radius 3 is 2.24 bits per heavy atom. The molecule has 1 heterocycles. The number of halogens is 3. The molecule has 0 aliphatic rings. The number of nitrogens with zero attached hydrogens (tertiary/aromatic N) is 1. The molecule has 2 aromatic carbocycles. The highest BCUT2D eigenvalue weighted by Crippen LogP contribution is 2.30. The first-order chi connectivity index (χ1) is 15.8. The van der Waals surface area contributed by atoms with Crippen molar-refractivity contribution in [3.63, 3.8) is 0 Å². The number of aryl methyl sites for hydroxylation is 1. The predicted octanol–water partition coefficient (Wildman–Crippen LogP) is 4.86. The highest BCUT2D eigenvalue weighted by Gasteiger charge is 2.32. The van der Waals surface area contributed by atoms with Gasteiger partial charge < -0.3 is 10.1 Å². The molecule has 5 nitrogen and oxygen atoms in total.